The number of hydrogen-bond donors (Lipinski definition) is 3. The first kappa shape index (κ1) is 16.7. The van der Waals surface area contributed by atoms with E-state index in [0.29, 0.717) is 6.54 Å². The van der Waals surface area contributed by atoms with Crippen LogP contribution in [0.25, 0.3) is 0 Å². The lowest BCUT2D eigenvalue weighted by atomic mass is 9.82. The van der Waals surface area contributed by atoms with Crippen molar-refractivity contribution in [1.82, 2.24) is 5.32 Å². The zero-order valence-corrected chi connectivity index (χ0v) is 13.8. The molecule has 0 aliphatic heterocycles. The second-order valence-corrected chi connectivity index (χ2v) is 6.72. The molecule has 0 heterocycles. The molecule has 1 atom stereocenters. The fraction of sp³-hybridized carbons (Fsp3) is 0.625. The van der Waals surface area contributed by atoms with Gasteiger partial charge in [0.1, 0.15) is 18.5 Å². The zero-order valence-electron chi connectivity index (χ0n) is 12.2. The number of benzene rings is 1. The van der Waals surface area contributed by atoms with Crippen LogP contribution in [0.5, 0.6) is 5.75 Å². The Labute approximate surface area is 134 Å². The summed E-state index contributed by atoms with van der Waals surface area (Å²) in [6.45, 7) is 0.811. The van der Waals surface area contributed by atoms with Gasteiger partial charge in [0, 0.05) is 16.6 Å². The summed E-state index contributed by atoms with van der Waals surface area (Å²) in [7, 11) is 0. The third kappa shape index (κ3) is 5.25. The standard InChI is InChI=1S/C16H24BrNO3/c17-13-5-4-6-15(9-13)21-11-14(20)10-18-16(12-19)7-2-1-3-8-16/h4-6,9,14,18-20H,1-3,7-8,10-12H2. The number of β-amino-alcohol motifs (C(OH)–C–C–N with tert-alkyl or cyclic N) is 1. The van der Waals surface area contributed by atoms with E-state index in [1.807, 2.05) is 24.3 Å². The quantitative estimate of drug-likeness (QED) is 0.701. The van der Waals surface area contributed by atoms with E-state index < -0.39 is 6.10 Å². The van der Waals surface area contributed by atoms with Crippen molar-refractivity contribution in [3.63, 3.8) is 0 Å². The Bertz CT molecular complexity index is 435. The van der Waals surface area contributed by atoms with Gasteiger partial charge in [-0.1, -0.05) is 41.3 Å². The average molecular weight is 358 g/mol. The lowest BCUT2D eigenvalue weighted by molar-refractivity contribution is 0.0711. The minimum absolute atomic E-state index is 0.131. The van der Waals surface area contributed by atoms with E-state index in [1.165, 1.54) is 6.42 Å². The normalized spacial score (nSPS) is 19.2. The Hall–Kier alpha value is -0.620. The summed E-state index contributed by atoms with van der Waals surface area (Å²) in [6, 6.07) is 7.56. The van der Waals surface area contributed by atoms with Crippen molar-refractivity contribution in [2.45, 2.75) is 43.7 Å². The van der Waals surface area contributed by atoms with Gasteiger partial charge in [-0.15, -0.1) is 0 Å². The highest BCUT2D eigenvalue weighted by molar-refractivity contribution is 9.10. The Morgan fingerprint density at radius 2 is 2.05 bits per heavy atom. The van der Waals surface area contributed by atoms with Crippen LogP contribution < -0.4 is 10.1 Å². The SMILES string of the molecule is OCC1(NCC(O)COc2cccc(Br)c2)CCCCC1. The molecule has 4 nitrogen and oxygen atoms in total. The van der Waals surface area contributed by atoms with Gasteiger partial charge in [-0.3, -0.25) is 0 Å². The Morgan fingerprint density at radius 3 is 2.71 bits per heavy atom. The molecule has 5 heteroatoms. The highest BCUT2D eigenvalue weighted by Gasteiger charge is 2.31. The molecule has 0 aromatic heterocycles. The molecule has 0 bridgehead atoms. The van der Waals surface area contributed by atoms with Crippen LogP contribution in [-0.2, 0) is 0 Å². The molecule has 1 unspecified atom stereocenters. The summed E-state index contributed by atoms with van der Waals surface area (Å²) in [5.74, 6) is 0.734. The molecule has 1 aliphatic rings. The molecule has 1 aliphatic carbocycles. The van der Waals surface area contributed by atoms with Crippen molar-refractivity contribution in [2.24, 2.45) is 0 Å². The third-order valence-corrected chi connectivity index (χ3v) is 4.56. The minimum atomic E-state index is -0.589. The summed E-state index contributed by atoms with van der Waals surface area (Å²) < 4.78 is 6.53. The molecule has 2 rings (SSSR count). The first-order valence-corrected chi connectivity index (χ1v) is 8.35. The van der Waals surface area contributed by atoms with Crippen LogP contribution in [0.3, 0.4) is 0 Å². The first-order valence-electron chi connectivity index (χ1n) is 7.56. The van der Waals surface area contributed by atoms with Crippen molar-refractivity contribution in [3.05, 3.63) is 28.7 Å². The second-order valence-electron chi connectivity index (χ2n) is 5.80. The van der Waals surface area contributed by atoms with Crippen LogP contribution in [0.2, 0.25) is 0 Å². The van der Waals surface area contributed by atoms with Gasteiger partial charge in [-0.05, 0) is 31.0 Å². The van der Waals surface area contributed by atoms with Gasteiger partial charge in [0.2, 0.25) is 0 Å². The Balaban J connectivity index is 1.75. The molecule has 1 fully saturated rings. The average Bonchev–Trinajstić information content (AvgIpc) is 2.52. The van der Waals surface area contributed by atoms with E-state index >= 15 is 0 Å². The summed E-state index contributed by atoms with van der Waals surface area (Å²) in [5.41, 5.74) is -0.213. The van der Waals surface area contributed by atoms with Crippen molar-refractivity contribution in [2.75, 3.05) is 19.8 Å². The van der Waals surface area contributed by atoms with Gasteiger partial charge in [0.15, 0.2) is 0 Å². The molecule has 0 spiro atoms. The number of aliphatic hydroxyl groups is 2. The number of aliphatic hydroxyl groups excluding tert-OH is 2. The number of hydrogen-bond acceptors (Lipinski definition) is 4. The molecule has 1 aromatic rings. The number of rotatable bonds is 7. The topological polar surface area (TPSA) is 61.7 Å². The zero-order chi connectivity index (χ0) is 15.1. The summed E-state index contributed by atoms with van der Waals surface area (Å²) in [5, 5.41) is 23.0. The van der Waals surface area contributed by atoms with Crippen LogP contribution in [-0.4, -0.2) is 41.6 Å². The molecule has 0 saturated heterocycles. The van der Waals surface area contributed by atoms with Crippen molar-refractivity contribution in [3.8, 4) is 5.75 Å². The molecule has 0 radical (unpaired) electrons. The van der Waals surface area contributed by atoms with Crippen molar-refractivity contribution < 1.29 is 14.9 Å². The number of nitrogens with one attached hydrogen (secondary N) is 1. The molecular formula is C16H24BrNO3. The molecule has 3 N–H and O–H groups in total. The van der Waals surface area contributed by atoms with Gasteiger partial charge >= 0.3 is 0 Å². The maximum absolute atomic E-state index is 10.0. The predicted octanol–water partition coefficient (Wildman–Crippen LogP) is 2.47. The van der Waals surface area contributed by atoms with Gasteiger partial charge < -0.3 is 20.3 Å². The Kier molecular flexibility index (Phi) is 6.48. The van der Waals surface area contributed by atoms with Crippen LogP contribution in [0.4, 0.5) is 0 Å². The van der Waals surface area contributed by atoms with E-state index in [9.17, 15) is 10.2 Å². The van der Waals surface area contributed by atoms with E-state index in [-0.39, 0.29) is 18.8 Å². The maximum atomic E-state index is 10.0. The molecule has 21 heavy (non-hydrogen) atoms. The van der Waals surface area contributed by atoms with E-state index in [4.69, 9.17) is 4.74 Å². The van der Waals surface area contributed by atoms with Gasteiger partial charge in [0.25, 0.3) is 0 Å². The highest BCUT2D eigenvalue weighted by atomic mass is 79.9. The molecule has 1 aromatic carbocycles. The van der Waals surface area contributed by atoms with Crippen molar-refractivity contribution >= 4 is 15.9 Å². The number of halogens is 1. The van der Waals surface area contributed by atoms with Gasteiger partial charge in [-0.25, -0.2) is 0 Å². The van der Waals surface area contributed by atoms with E-state index in [1.54, 1.807) is 0 Å². The monoisotopic (exact) mass is 357 g/mol. The minimum Gasteiger partial charge on any atom is -0.491 e. The van der Waals surface area contributed by atoms with Crippen LogP contribution in [0.15, 0.2) is 28.7 Å². The van der Waals surface area contributed by atoms with Crippen molar-refractivity contribution in [1.29, 1.82) is 0 Å². The van der Waals surface area contributed by atoms with Crippen LogP contribution in [0.1, 0.15) is 32.1 Å². The lowest BCUT2D eigenvalue weighted by Gasteiger charge is -2.37. The Morgan fingerprint density at radius 1 is 1.29 bits per heavy atom. The molecule has 0 amide bonds. The largest absolute Gasteiger partial charge is 0.491 e. The van der Waals surface area contributed by atoms with Gasteiger partial charge in [0.05, 0.1) is 6.61 Å². The third-order valence-electron chi connectivity index (χ3n) is 4.06. The van der Waals surface area contributed by atoms with E-state index in [2.05, 4.69) is 21.2 Å². The van der Waals surface area contributed by atoms with Gasteiger partial charge in [-0.2, -0.15) is 0 Å². The first-order chi connectivity index (χ1) is 10.1. The molecular weight excluding hydrogens is 334 g/mol. The fourth-order valence-electron chi connectivity index (χ4n) is 2.76. The summed E-state index contributed by atoms with van der Waals surface area (Å²) in [6.07, 6.45) is 4.87. The maximum Gasteiger partial charge on any atom is 0.120 e. The molecule has 118 valence electrons. The van der Waals surface area contributed by atoms with Crippen LogP contribution in [0, 0.1) is 0 Å². The van der Waals surface area contributed by atoms with E-state index in [0.717, 1.165) is 35.9 Å². The smallest absolute Gasteiger partial charge is 0.120 e. The summed E-state index contributed by atoms with van der Waals surface area (Å²) >= 11 is 3.39. The predicted molar refractivity (Wildman–Crippen MR) is 86.5 cm³/mol. The summed E-state index contributed by atoms with van der Waals surface area (Å²) in [4.78, 5) is 0. The van der Waals surface area contributed by atoms with Crippen LogP contribution >= 0.6 is 15.9 Å². The fourth-order valence-corrected chi connectivity index (χ4v) is 3.14. The lowest BCUT2D eigenvalue weighted by Crippen LogP contribution is -2.52. The molecule has 1 saturated carbocycles. The second kappa shape index (κ2) is 8.13. The number of ether oxygens (including phenoxy) is 1. The highest BCUT2D eigenvalue weighted by Crippen LogP contribution is 2.27.